The Kier molecular flexibility index (Phi) is 7.18. The summed E-state index contributed by atoms with van der Waals surface area (Å²) >= 11 is 0. The van der Waals surface area contributed by atoms with Crippen molar-refractivity contribution in [1.29, 1.82) is 0 Å². The van der Waals surface area contributed by atoms with Crippen LogP contribution in [-0.4, -0.2) is 48.3 Å². The van der Waals surface area contributed by atoms with Crippen molar-refractivity contribution in [1.82, 2.24) is 10.2 Å². The summed E-state index contributed by atoms with van der Waals surface area (Å²) in [5.41, 5.74) is 0. The third kappa shape index (κ3) is 4.86. The van der Waals surface area contributed by atoms with E-state index in [1.807, 2.05) is 0 Å². The molecule has 0 amide bonds. The molecule has 0 saturated heterocycles. The fraction of sp³-hybridized carbons (Fsp3) is 0.889. The largest absolute Gasteiger partial charge is 0.465 e. The summed E-state index contributed by atoms with van der Waals surface area (Å²) in [4.78, 5) is 17.3. The Labute approximate surface area is 95.4 Å². The van der Waals surface area contributed by atoms with E-state index in [1.165, 1.54) is 0 Å². The van der Waals surface area contributed by atoms with Crippen LogP contribution < -0.4 is 11.2 Å². The second-order valence-corrected chi connectivity index (χ2v) is 3.42. The molecule has 4 N–H and O–H groups in total. The van der Waals surface area contributed by atoms with Crippen LogP contribution in [0.2, 0.25) is 0 Å². The van der Waals surface area contributed by atoms with Gasteiger partial charge < -0.3 is 9.84 Å². The third-order valence-corrected chi connectivity index (χ3v) is 2.36. The lowest BCUT2D eigenvalue weighted by molar-refractivity contribution is -0.155. The highest BCUT2D eigenvalue weighted by Crippen LogP contribution is 2.03. The molecule has 0 aliphatic rings. The first kappa shape index (κ1) is 15.3. The van der Waals surface area contributed by atoms with E-state index in [-0.39, 0.29) is 12.1 Å². The van der Waals surface area contributed by atoms with Crippen molar-refractivity contribution < 1.29 is 19.5 Å². The fourth-order valence-electron chi connectivity index (χ4n) is 1.13. The van der Waals surface area contributed by atoms with Gasteiger partial charge in [0.15, 0.2) is 0 Å². The van der Waals surface area contributed by atoms with Gasteiger partial charge in [-0.25, -0.2) is 5.90 Å². The third-order valence-electron chi connectivity index (χ3n) is 2.36. The number of carbonyl (C=O) groups excluding carboxylic acids is 1. The van der Waals surface area contributed by atoms with Crippen LogP contribution in [0, 0.1) is 0 Å². The molecule has 0 heterocycles. The molecule has 0 rings (SSSR count). The van der Waals surface area contributed by atoms with E-state index in [0.717, 1.165) is 0 Å². The minimum atomic E-state index is -1.27. The van der Waals surface area contributed by atoms with Gasteiger partial charge in [-0.15, -0.1) is 0 Å². The lowest BCUT2D eigenvalue weighted by Crippen LogP contribution is -2.52. The zero-order valence-corrected chi connectivity index (χ0v) is 10.1. The van der Waals surface area contributed by atoms with Crippen LogP contribution in [0.1, 0.15) is 20.8 Å². The second-order valence-electron chi connectivity index (χ2n) is 3.42. The monoisotopic (exact) mass is 235 g/mol. The number of hydrogen-bond acceptors (Lipinski definition) is 7. The molecule has 3 atom stereocenters. The Morgan fingerprint density at radius 1 is 1.56 bits per heavy atom. The number of ether oxygens (including phenoxy) is 1. The lowest BCUT2D eigenvalue weighted by Gasteiger charge is -2.30. The number of aliphatic hydroxyl groups is 1. The van der Waals surface area contributed by atoms with Crippen molar-refractivity contribution >= 4 is 5.97 Å². The Bertz CT molecular complexity index is 215. The van der Waals surface area contributed by atoms with E-state index < -0.39 is 12.5 Å². The first-order chi connectivity index (χ1) is 7.43. The van der Waals surface area contributed by atoms with Crippen LogP contribution >= 0.6 is 0 Å². The summed E-state index contributed by atoms with van der Waals surface area (Å²) in [6.45, 7) is 5.56. The number of carbonyl (C=O) groups is 1. The van der Waals surface area contributed by atoms with Crippen LogP contribution in [0.5, 0.6) is 0 Å². The molecule has 0 radical (unpaired) electrons. The van der Waals surface area contributed by atoms with Gasteiger partial charge in [0.1, 0.15) is 6.04 Å². The predicted molar refractivity (Wildman–Crippen MR) is 57.7 cm³/mol. The molecular formula is C9H21N3O4. The zero-order valence-electron chi connectivity index (χ0n) is 10.1. The van der Waals surface area contributed by atoms with E-state index >= 15 is 0 Å². The number of nitrogens with zero attached hydrogens (tertiary/aromatic N) is 1. The average Bonchev–Trinajstić information content (AvgIpc) is 2.26. The Morgan fingerprint density at radius 3 is 2.56 bits per heavy atom. The normalized spacial score (nSPS) is 16.9. The van der Waals surface area contributed by atoms with Gasteiger partial charge in [0, 0.05) is 0 Å². The number of rotatable bonds is 7. The van der Waals surface area contributed by atoms with E-state index in [2.05, 4.69) is 10.2 Å². The van der Waals surface area contributed by atoms with Crippen LogP contribution in [0.15, 0.2) is 0 Å². The number of hydrogen-bond donors (Lipinski definition) is 3. The van der Waals surface area contributed by atoms with Crippen LogP contribution in [-0.2, 0) is 14.4 Å². The second kappa shape index (κ2) is 7.53. The van der Waals surface area contributed by atoms with E-state index in [1.54, 1.807) is 32.7 Å². The van der Waals surface area contributed by atoms with Gasteiger partial charge >= 0.3 is 5.97 Å². The molecular weight excluding hydrogens is 214 g/mol. The molecule has 0 aromatic carbocycles. The predicted octanol–water partition coefficient (Wildman–Crippen LogP) is -1.03. The van der Waals surface area contributed by atoms with Crippen LogP contribution in [0.3, 0.4) is 0 Å². The first-order valence-electron chi connectivity index (χ1n) is 5.12. The van der Waals surface area contributed by atoms with E-state index in [0.29, 0.717) is 6.61 Å². The van der Waals surface area contributed by atoms with Gasteiger partial charge in [-0.3, -0.25) is 19.8 Å². The first-order valence-corrected chi connectivity index (χ1v) is 5.12. The number of aliphatic hydroxyl groups excluding tert-OH is 1. The van der Waals surface area contributed by atoms with E-state index in [9.17, 15) is 4.79 Å². The Balaban J connectivity index is 4.20. The Morgan fingerprint density at radius 2 is 2.12 bits per heavy atom. The van der Waals surface area contributed by atoms with Crippen molar-refractivity contribution in [3.63, 3.8) is 0 Å². The molecule has 1 unspecified atom stereocenters. The summed E-state index contributed by atoms with van der Waals surface area (Å²) in [5, 5.41) is 11.7. The summed E-state index contributed by atoms with van der Waals surface area (Å²) in [6, 6.07) is -0.424. The molecule has 16 heavy (non-hydrogen) atoms. The zero-order chi connectivity index (χ0) is 12.7. The van der Waals surface area contributed by atoms with Crippen LogP contribution in [0.25, 0.3) is 0 Å². The van der Waals surface area contributed by atoms with Crippen LogP contribution in [0.4, 0.5) is 0 Å². The molecule has 0 bridgehead atoms. The molecule has 7 nitrogen and oxygen atoms in total. The molecule has 0 saturated carbocycles. The topological polar surface area (TPSA) is 97.0 Å². The minimum Gasteiger partial charge on any atom is -0.465 e. The number of likely N-dealkylation sites (N-methyl/N-ethyl adjacent to an activating group) is 1. The lowest BCUT2D eigenvalue weighted by atomic mass is 10.3. The van der Waals surface area contributed by atoms with Crippen molar-refractivity contribution in [3.8, 4) is 0 Å². The number of nitrogens with one attached hydrogen (secondary N) is 1. The molecule has 0 aliphatic carbocycles. The fourth-order valence-corrected chi connectivity index (χ4v) is 1.13. The summed E-state index contributed by atoms with van der Waals surface area (Å²) in [7, 11) is 1.72. The van der Waals surface area contributed by atoms with Gasteiger partial charge in [-0.2, -0.15) is 0 Å². The van der Waals surface area contributed by atoms with Crippen molar-refractivity contribution in [2.24, 2.45) is 5.90 Å². The van der Waals surface area contributed by atoms with Gasteiger partial charge in [0.05, 0.1) is 12.8 Å². The maximum Gasteiger partial charge on any atom is 0.323 e. The summed E-state index contributed by atoms with van der Waals surface area (Å²) < 4.78 is 4.88. The highest BCUT2D eigenvalue weighted by molar-refractivity contribution is 5.75. The molecule has 0 fully saturated rings. The molecule has 0 aromatic rings. The van der Waals surface area contributed by atoms with Gasteiger partial charge in [0.2, 0.25) is 6.41 Å². The maximum atomic E-state index is 11.4. The van der Waals surface area contributed by atoms with Crippen molar-refractivity contribution in [2.45, 2.75) is 39.4 Å². The van der Waals surface area contributed by atoms with Gasteiger partial charge in [0.25, 0.3) is 0 Å². The van der Waals surface area contributed by atoms with Gasteiger partial charge in [-0.1, -0.05) is 0 Å². The summed E-state index contributed by atoms with van der Waals surface area (Å²) in [6.07, 6.45) is -1.56. The molecule has 0 aromatic heterocycles. The van der Waals surface area contributed by atoms with Gasteiger partial charge in [-0.05, 0) is 27.8 Å². The molecule has 0 spiro atoms. The molecule has 96 valence electrons. The highest BCUT2D eigenvalue weighted by Gasteiger charge is 2.24. The van der Waals surface area contributed by atoms with Crippen molar-refractivity contribution in [3.05, 3.63) is 0 Å². The van der Waals surface area contributed by atoms with E-state index in [4.69, 9.17) is 15.7 Å². The highest BCUT2D eigenvalue weighted by atomic mass is 16.7. The minimum absolute atomic E-state index is 0.294. The average molecular weight is 235 g/mol. The molecule has 7 heteroatoms. The number of nitrogens with two attached hydrogens (primary N) is 1. The smallest absolute Gasteiger partial charge is 0.323 e. The standard InChI is InChI=1S/C9H21N3O4/c1-5-15-8(13)6(2)12(4)7(3)11-9(14)16-10/h6-7,9,11,14H,5,10H2,1-4H3/t6-,7+,9?/m1/s1. The quantitative estimate of drug-likeness (QED) is 0.295. The summed E-state index contributed by atoms with van der Waals surface area (Å²) in [5.74, 6) is 4.46. The SMILES string of the molecule is CCOC(=O)[C@@H](C)N(C)[C@@H](C)NC(O)ON. The number of esters is 1. The van der Waals surface area contributed by atoms with Crippen molar-refractivity contribution in [2.75, 3.05) is 13.7 Å². The Hall–Kier alpha value is -0.730. The molecule has 0 aliphatic heterocycles. The maximum absolute atomic E-state index is 11.4.